The highest BCUT2D eigenvalue weighted by Crippen LogP contribution is 2.29. The maximum absolute atomic E-state index is 13.1. The van der Waals surface area contributed by atoms with Crippen LogP contribution in [0.2, 0.25) is 0 Å². The van der Waals surface area contributed by atoms with Gasteiger partial charge in [-0.2, -0.15) is 0 Å². The predicted octanol–water partition coefficient (Wildman–Crippen LogP) is 4.12. The molecule has 0 unspecified atom stereocenters. The second-order valence-corrected chi connectivity index (χ2v) is 9.88. The fourth-order valence-electron chi connectivity index (χ4n) is 5.40. The lowest BCUT2D eigenvalue weighted by Gasteiger charge is -2.36. The van der Waals surface area contributed by atoms with Gasteiger partial charge in [0, 0.05) is 72.5 Å². The molecule has 0 aliphatic carbocycles. The molecule has 0 aromatic heterocycles. The second-order valence-electron chi connectivity index (χ2n) is 9.88. The molecule has 194 valence electrons. The Labute approximate surface area is 226 Å². The summed E-state index contributed by atoms with van der Waals surface area (Å²) in [4.78, 5) is 57.3. The monoisotopic (exact) mass is 517 g/mol. The van der Waals surface area contributed by atoms with Crippen molar-refractivity contribution in [3.05, 3.63) is 119 Å². The van der Waals surface area contributed by atoms with Crippen molar-refractivity contribution in [1.82, 2.24) is 14.7 Å². The quantitative estimate of drug-likeness (QED) is 0.284. The van der Waals surface area contributed by atoms with E-state index in [9.17, 15) is 19.2 Å². The second kappa shape index (κ2) is 10.3. The molecule has 3 amide bonds. The summed E-state index contributed by atoms with van der Waals surface area (Å²) < 4.78 is 0. The van der Waals surface area contributed by atoms with Crippen LogP contribution in [0.25, 0.3) is 10.8 Å². The van der Waals surface area contributed by atoms with Crippen LogP contribution >= 0.6 is 0 Å². The van der Waals surface area contributed by atoms with E-state index in [1.54, 1.807) is 53.4 Å². The van der Waals surface area contributed by atoms with Gasteiger partial charge in [0.15, 0.2) is 5.78 Å². The molecule has 4 aromatic rings. The lowest BCUT2D eigenvalue weighted by Crippen LogP contribution is -2.51. The molecule has 0 radical (unpaired) electrons. The Morgan fingerprint density at radius 2 is 1.15 bits per heavy atom. The van der Waals surface area contributed by atoms with Crippen LogP contribution in [0.1, 0.15) is 47.0 Å². The molecule has 0 bridgehead atoms. The fraction of sp³-hybridized carbons (Fsp3) is 0.188. The van der Waals surface area contributed by atoms with Gasteiger partial charge in [0.05, 0.1) is 0 Å². The Kier molecular flexibility index (Phi) is 6.50. The van der Waals surface area contributed by atoms with Crippen molar-refractivity contribution in [3.8, 4) is 0 Å². The standard InChI is InChI=1S/C32H27N3O4/c36-29(23-6-2-1-3-7-23)24-12-14-25(15-13-24)30(37)34-19-16-33(17-20-34)18-21-35-31(38)26-10-4-8-22-9-5-11-27(28(22)26)32(35)39/h1-15H,16-21H2. The SMILES string of the molecule is O=C(c1ccccc1)c1ccc(C(=O)N2CCN(CCN3C(=O)c4cccc5cccc(c45)C3=O)CC2)cc1. The summed E-state index contributed by atoms with van der Waals surface area (Å²) in [5.41, 5.74) is 2.83. The summed E-state index contributed by atoms with van der Waals surface area (Å²) in [7, 11) is 0. The first kappa shape index (κ1) is 24.7. The molecule has 39 heavy (non-hydrogen) atoms. The normalized spacial score (nSPS) is 15.6. The number of ketones is 1. The Morgan fingerprint density at radius 3 is 1.77 bits per heavy atom. The van der Waals surface area contributed by atoms with Crippen LogP contribution in [-0.2, 0) is 0 Å². The minimum atomic E-state index is -0.257. The molecule has 6 rings (SSSR count). The Balaban J connectivity index is 1.05. The van der Waals surface area contributed by atoms with E-state index < -0.39 is 0 Å². The van der Waals surface area contributed by atoms with Gasteiger partial charge in [-0.05, 0) is 29.7 Å². The lowest BCUT2D eigenvalue weighted by molar-refractivity contribution is 0.0550. The number of carbonyl (C=O) groups is 4. The number of hydrogen-bond acceptors (Lipinski definition) is 5. The summed E-state index contributed by atoms with van der Waals surface area (Å²) in [6.45, 7) is 3.25. The summed E-state index contributed by atoms with van der Waals surface area (Å²) >= 11 is 0. The van der Waals surface area contributed by atoms with E-state index in [4.69, 9.17) is 0 Å². The smallest absolute Gasteiger partial charge is 0.261 e. The van der Waals surface area contributed by atoms with Gasteiger partial charge in [-0.3, -0.25) is 29.0 Å². The molecule has 1 saturated heterocycles. The molecular weight excluding hydrogens is 490 g/mol. The van der Waals surface area contributed by atoms with Crippen LogP contribution in [0, 0.1) is 0 Å². The Hall–Kier alpha value is -4.62. The largest absolute Gasteiger partial charge is 0.336 e. The van der Waals surface area contributed by atoms with E-state index in [0.717, 1.165) is 10.8 Å². The number of piperazine rings is 1. The van der Waals surface area contributed by atoms with E-state index in [-0.39, 0.29) is 23.5 Å². The lowest BCUT2D eigenvalue weighted by atomic mass is 9.94. The maximum Gasteiger partial charge on any atom is 0.261 e. The molecule has 0 saturated carbocycles. The van der Waals surface area contributed by atoms with Crippen molar-refractivity contribution in [2.45, 2.75) is 0 Å². The topological polar surface area (TPSA) is 78.0 Å². The van der Waals surface area contributed by atoms with Gasteiger partial charge in [0.2, 0.25) is 0 Å². The van der Waals surface area contributed by atoms with Gasteiger partial charge >= 0.3 is 0 Å². The zero-order chi connectivity index (χ0) is 26.9. The number of amides is 3. The van der Waals surface area contributed by atoms with Gasteiger partial charge in [-0.15, -0.1) is 0 Å². The third-order valence-corrected chi connectivity index (χ3v) is 7.59. The van der Waals surface area contributed by atoms with Crippen LogP contribution in [0.4, 0.5) is 0 Å². The molecule has 2 aliphatic rings. The number of rotatable bonds is 6. The zero-order valence-corrected chi connectivity index (χ0v) is 21.4. The molecule has 1 fully saturated rings. The van der Waals surface area contributed by atoms with Crippen LogP contribution < -0.4 is 0 Å². The zero-order valence-electron chi connectivity index (χ0n) is 21.4. The molecule has 7 nitrogen and oxygen atoms in total. The molecule has 0 spiro atoms. The van der Waals surface area contributed by atoms with Crippen molar-refractivity contribution in [2.24, 2.45) is 0 Å². The van der Waals surface area contributed by atoms with Crippen LogP contribution in [0.3, 0.4) is 0 Å². The predicted molar refractivity (Wildman–Crippen MR) is 148 cm³/mol. The number of benzene rings is 4. The van der Waals surface area contributed by atoms with Gasteiger partial charge < -0.3 is 4.90 Å². The van der Waals surface area contributed by atoms with E-state index in [0.29, 0.717) is 67.1 Å². The van der Waals surface area contributed by atoms with Crippen molar-refractivity contribution in [3.63, 3.8) is 0 Å². The summed E-state index contributed by atoms with van der Waals surface area (Å²) in [5, 5.41) is 1.63. The molecule has 4 aromatic carbocycles. The average Bonchev–Trinajstić information content (AvgIpc) is 3.00. The van der Waals surface area contributed by atoms with Crippen LogP contribution in [0.5, 0.6) is 0 Å². The summed E-state index contributed by atoms with van der Waals surface area (Å²) in [5.74, 6) is -0.659. The number of imide groups is 1. The first-order valence-corrected chi connectivity index (χ1v) is 13.1. The van der Waals surface area contributed by atoms with Crippen molar-refractivity contribution >= 4 is 34.3 Å². The van der Waals surface area contributed by atoms with Gasteiger partial charge in [0.1, 0.15) is 0 Å². The number of hydrogen-bond donors (Lipinski definition) is 0. The van der Waals surface area contributed by atoms with Gasteiger partial charge in [-0.1, -0.05) is 66.7 Å². The Morgan fingerprint density at radius 1 is 0.590 bits per heavy atom. The third kappa shape index (κ3) is 4.62. The molecule has 2 heterocycles. The molecule has 0 atom stereocenters. The molecule has 0 N–H and O–H groups in total. The third-order valence-electron chi connectivity index (χ3n) is 7.59. The van der Waals surface area contributed by atoms with E-state index in [1.165, 1.54) is 4.90 Å². The maximum atomic E-state index is 13.1. The molecule has 2 aliphatic heterocycles. The average molecular weight is 518 g/mol. The minimum Gasteiger partial charge on any atom is -0.336 e. The highest BCUT2D eigenvalue weighted by molar-refractivity contribution is 6.25. The van der Waals surface area contributed by atoms with Crippen molar-refractivity contribution in [1.29, 1.82) is 0 Å². The minimum absolute atomic E-state index is 0.0700. The van der Waals surface area contributed by atoms with Crippen LogP contribution in [0.15, 0.2) is 91.0 Å². The van der Waals surface area contributed by atoms with E-state index in [2.05, 4.69) is 4.90 Å². The highest BCUT2D eigenvalue weighted by atomic mass is 16.2. The van der Waals surface area contributed by atoms with Crippen LogP contribution in [-0.4, -0.2) is 77.5 Å². The summed E-state index contributed by atoms with van der Waals surface area (Å²) in [6.07, 6.45) is 0. The van der Waals surface area contributed by atoms with Gasteiger partial charge in [-0.25, -0.2) is 0 Å². The molecular formula is C32H27N3O4. The molecule has 7 heteroatoms. The van der Waals surface area contributed by atoms with E-state index >= 15 is 0 Å². The Bertz CT molecular complexity index is 1540. The number of carbonyl (C=O) groups excluding carboxylic acids is 4. The van der Waals surface area contributed by atoms with E-state index in [1.807, 2.05) is 42.5 Å². The highest BCUT2D eigenvalue weighted by Gasteiger charge is 2.33. The number of nitrogens with zero attached hydrogens (tertiary/aromatic N) is 3. The first-order chi connectivity index (χ1) is 19.0. The van der Waals surface area contributed by atoms with Crippen molar-refractivity contribution in [2.75, 3.05) is 39.3 Å². The fourth-order valence-corrected chi connectivity index (χ4v) is 5.40. The summed E-state index contributed by atoms with van der Waals surface area (Å²) in [6, 6.07) is 27.0. The van der Waals surface area contributed by atoms with Crippen molar-refractivity contribution < 1.29 is 19.2 Å². The first-order valence-electron chi connectivity index (χ1n) is 13.1. The van der Waals surface area contributed by atoms with Gasteiger partial charge in [0.25, 0.3) is 17.7 Å².